The lowest BCUT2D eigenvalue weighted by atomic mass is 10.0. The van der Waals surface area contributed by atoms with Gasteiger partial charge in [-0.1, -0.05) is 46.4 Å². The number of benzene rings is 1. The van der Waals surface area contributed by atoms with Crippen molar-refractivity contribution in [3.8, 4) is 0 Å². The summed E-state index contributed by atoms with van der Waals surface area (Å²) in [6.07, 6.45) is 0.503. The molecule has 1 saturated carbocycles. The van der Waals surface area contributed by atoms with Gasteiger partial charge in [0.1, 0.15) is 10.6 Å². The molecule has 1 aliphatic carbocycles. The maximum Gasteiger partial charge on any atom is 0.160 e. The molecule has 2 atom stereocenters. The summed E-state index contributed by atoms with van der Waals surface area (Å²) in [6.45, 7) is -0.513. The number of carbonyl (C=O) groups excluding carboxylic acids is 1. The molecule has 7 heteroatoms. The number of halogens is 5. The first kappa shape index (κ1) is 14.4. The second kappa shape index (κ2) is 4.50. The quantitative estimate of drug-likeness (QED) is 0.522. The standard InChI is InChI=1S/C11H7Cl4FO2/c12-6-1-5(2-7(13)8(6)16)9-10(3-17,4-18)11(9,14)15/h1-3,9,18H,4H2. The van der Waals surface area contributed by atoms with Crippen LogP contribution < -0.4 is 0 Å². The third-order valence-electron chi connectivity index (χ3n) is 3.23. The van der Waals surface area contributed by atoms with E-state index >= 15 is 0 Å². The molecule has 0 spiro atoms. The van der Waals surface area contributed by atoms with Gasteiger partial charge in [-0.15, -0.1) is 0 Å². The van der Waals surface area contributed by atoms with E-state index in [0.29, 0.717) is 11.8 Å². The molecule has 0 aliphatic heterocycles. The highest BCUT2D eigenvalue weighted by molar-refractivity contribution is 6.54. The van der Waals surface area contributed by atoms with Gasteiger partial charge in [-0.25, -0.2) is 4.39 Å². The SMILES string of the molecule is O=CC1(CO)C(c2cc(Cl)c(F)c(Cl)c2)C1(Cl)Cl. The molecule has 0 amide bonds. The average molecular weight is 332 g/mol. The summed E-state index contributed by atoms with van der Waals surface area (Å²) in [5, 5.41) is 8.90. The van der Waals surface area contributed by atoms with E-state index in [0.717, 1.165) is 0 Å². The minimum absolute atomic E-state index is 0.189. The van der Waals surface area contributed by atoms with Gasteiger partial charge in [-0.3, -0.25) is 0 Å². The van der Waals surface area contributed by atoms with E-state index in [4.69, 9.17) is 46.4 Å². The van der Waals surface area contributed by atoms with Gasteiger partial charge in [0.15, 0.2) is 5.82 Å². The minimum atomic E-state index is -1.45. The van der Waals surface area contributed by atoms with Crippen LogP contribution in [0, 0.1) is 11.2 Å². The lowest BCUT2D eigenvalue weighted by Crippen LogP contribution is -2.16. The summed E-state index contributed by atoms with van der Waals surface area (Å²) in [5.41, 5.74) is -0.891. The molecule has 98 valence electrons. The second-order valence-corrected chi connectivity index (χ2v) is 6.37. The Hall–Kier alpha value is -0.0600. The highest BCUT2D eigenvalue weighted by Gasteiger charge is 2.76. The minimum Gasteiger partial charge on any atom is -0.395 e. The Morgan fingerprint density at radius 3 is 2.17 bits per heavy atom. The predicted molar refractivity (Wildman–Crippen MR) is 69.2 cm³/mol. The third-order valence-corrected chi connectivity index (χ3v) is 4.92. The number of aldehydes is 1. The Labute approximate surface area is 123 Å². The zero-order valence-electron chi connectivity index (χ0n) is 8.76. The molecular weight excluding hydrogens is 325 g/mol. The van der Waals surface area contributed by atoms with Crippen LogP contribution in [0.15, 0.2) is 12.1 Å². The number of aliphatic hydroxyl groups excluding tert-OH is 1. The van der Waals surface area contributed by atoms with Gasteiger partial charge >= 0.3 is 0 Å². The monoisotopic (exact) mass is 330 g/mol. The van der Waals surface area contributed by atoms with Crippen molar-refractivity contribution in [1.82, 2.24) is 0 Å². The summed E-state index contributed by atoms with van der Waals surface area (Å²) >= 11 is 23.3. The van der Waals surface area contributed by atoms with Crippen molar-refractivity contribution < 1.29 is 14.3 Å². The summed E-state index contributed by atoms with van der Waals surface area (Å²) in [7, 11) is 0. The summed E-state index contributed by atoms with van der Waals surface area (Å²) < 4.78 is 11.8. The Balaban J connectivity index is 2.49. The Kier molecular flexibility index (Phi) is 3.58. The molecule has 1 aromatic carbocycles. The molecule has 0 heterocycles. The highest BCUT2D eigenvalue weighted by Crippen LogP contribution is 2.73. The fourth-order valence-electron chi connectivity index (χ4n) is 2.11. The van der Waals surface area contributed by atoms with E-state index in [9.17, 15) is 14.3 Å². The predicted octanol–water partition coefficient (Wildman–Crippen LogP) is 3.58. The van der Waals surface area contributed by atoms with Gasteiger partial charge < -0.3 is 9.90 Å². The van der Waals surface area contributed by atoms with Crippen LogP contribution in [0.2, 0.25) is 10.0 Å². The first-order chi connectivity index (χ1) is 8.31. The fourth-order valence-corrected chi connectivity index (χ4v) is 3.57. The molecule has 0 bridgehead atoms. The molecule has 18 heavy (non-hydrogen) atoms. The van der Waals surface area contributed by atoms with Gasteiger partial charge in [0.2, 0.25) is 0 Å². The van der Waals surface area contributed by atoms with E-state index in [1.54, 1.807) is 0 Å². The van der Waals surface area contributed by atoms with Crippen LogP contribution in [0.25, 0.3) is 0 Å². The van der Waals surface area contributed by atoms with Crippen LogP contribution >= 0.6 is 46.4 Å². The van der Waals surface area contributed by atoms with E-state index < -0.39 is 28.1 Å². The topological polar surface area (TPSA) is 37.3 Å². The number of alkyl halides is 2. The molecule has 1 N–H and O–H groups in total. The van der Waals surface area contributed by atoms with Crippen molar-refractivity contribution >= 4 is 52.7 Å². The van der Waals surface area contributed by atoms with E-state index in [-0.39, 0.29) is 10.0 Å². The lowest BCUT2D eigenvalue weighted by molar-refractivity contribution is -0.113. The first-order valence-corrected chi connectivity index (χ1v) is 6.42. The average Bonchev–Trinajstić information content (AvgIpc) is 2.82. The van der Waals surface area contributed by atoms with Gasteiger partial charge in [-0.05, 0) is 17.7 Å². The van der Waals surface area contributed by atoms with Gasteiger partial charge in [0.05, 0.1) is 22.1 Å². The highest BCUT2D eigenvalue weighted by atomic mass is 35.5. The molecule has 1 fully saturated rings. The van der Waals surface area contributed by atoms with E-state index in [1.165, 1.54) is 12.1 Å². The molecule has 0 saturated heterocycles. The molecular formula is C11H7Cl4FO2. The number of hydrogen-bond acceptors (Lipinski definition) is 2. The number of carbonyl (C=O) groups is 1. The Morgan fingerprint density at radius 1 is 1.33 bits per heavy atom. The summed E-state index contributed by atoms with van der Waals surface area (Å²) in [5.74, 6) is -1.43. The molecule has 2 rings (SSSR count). The number of aliphatic hydroxyl groups is 1. The zero-order chi connectivity index (χ0) is 13.7. The van der Waals surface area contributed by atoms with Gasteiger partial charge in [0, 0.05) is 5.92 Å². The first-order valence-electron chi connectivity index (χ1n) is 4.91. The molecule has 2 unspecified atom stereocenters. The van der Waals surface area contributed by atoms with Crippen molar-refractivity contribution in [3.63, 3.8) is 0 Å². The zero-order valence-corrected chi connectivity index (χ0v) is 11.8. The van der Waals surface area contributed by atoms with Crippen LogP contribution in [-0.2, 0) is 4.79 Å². The van der Waals surface area contributed by atoms with Crippen molar-refractivity contribution in [2.45, 2.75) is 10.3 Å². The largest absolute Gasteiger partial charge is 0.395 e. The maximum atomic E-state index is 13.3. The fraction of sp³-hybridized carbons (Fsp3) is 0.364. The normalized spacial score (nSPS) is 29.1. The van der Waals surface area contributed by atoms with Crippen LogP contribution in [-0.4, -0.2) is 22.3 Å². The smallest absolute Gasteiger partial charge is 0.160 e. The number of hydrogen-bond donors (Lipinski definition) is 1. The summed E-state index contributed by atoms with van der Waals surface area (Å²) in [4.78, 5) is 11.1. The van der Waals surface area contributed by atoms with Gasteiger partial charge in [0.25, 0.3) is 0 Å². The Morgan fingerprint density at radius 2 is 1.83 bits per heavy atom. The molecule has 1 aromatic rings. The summed E-state index contributed by atoms with van der Waals surface area (Å²) in [6, 6.07) is 2.60. The Bertz CT molecular complexity index is 497. The van der Waals surface area contributed by atoms with Crippen LogP contribution in [0.4, 0.5) is 4.39 Å². The second-order valence-electron chi connectivity index (χ2n) is 4.17. The molecule has 0 radical (unpaired) electrons. The number of rotatable bonds is 3. The van der Waals surface area contributed by atoms with E-state index in [2.05, 4.69) is 0 Å². The van der Waals surface area contributed by atoms with Crippen LogP contribution in [0.3, 0.4) is 0 Å². The maximum absolute atomic E-state index is 13.3. The lowest BCUT2D eigenvalue weighted by Gasteiger charge is -2.06. The van der Waals surface area contributed by atoms with Crippen molar-refractivity contribution in [2.24, 2.45) is 5.41 Å². The third kappa shape index (κ3) is 1.76. The van der Waals surface area contributed by atoms with Crippen molar-refractivity contribution in [2.75, 3.05) is 6.61 Å². The van der Waals surface area contributed by atoms with E-state index in [1.807, 2.05) is 0 Å². The van der Waals surface area contributed by atoms with Gasteiger partial charge in [-0.2, -0.15) is 0 Å². The van der Waals surface area contributed by atoms with Crippen LogP contribution in [0.1, 0.15) is 11.5 Å². The molecule has 0 aromatic heterocycles. The molecule has 1 aliphatic rings. The molecule has 2 nitrogen and oxygen atoms in total. The van der Waals surface area contributed by atoms with Crippen molar-refractivity contribution in [1.29, 1.82) is 0 Å². The van der Waals surface area contributed by atoms with Crippen LogP contribution in [0.5, 0.6) is 0 Å². The van der Waals surface area contributed by atoms with Crippen molar-refractivity contribution in [3.05, 3.63) is 33.6 Å².